The van der Waals surface area contributed by atoms with E-state index in [1.54, 1.807) is 17.8 Å². The van der Waals surface area contributed by atoms with Crippen molar-refractivity contribution < 1.29 is 14.7 Å². The first-order valence-corrected chi connectivity index (χ1v) is 6.77. The zero-order chi connectivity index (χ0) is 12.6. The van der Waals surface area contributed by atoms with Crippen molar-refractivity contribution in [3.8, 4) is 0 Å². The summed E-state index contributed by atoms with van der Waals surface area (Å²) in [7, 11) is 0. The molecule has 1 unspecified atom stereocenters. The number of carboxylic acid groups (broad SMARTS) is 1. The van der Waals surface area contributed by atoms with E-state index in [-0.39, 0.29) is 6.04 Å². The number of halogens is 1. The lowest BCUT2D eigenvalue weighted by Gasteiger charge is -2.33. The van der Waals surface area contributed by atoms with Crippen LogP contribution in [0, 0.1) is 0 Å². The molecule has 0 aromatic heterocycles. The average molecular weight is 316 g/mol. The number of aliphatic carboxylic acids is 1. The second-order valence-electron chi connectivity index (χ2n) is 3.75. The van der Waals surface area contributed by atoms with Gasteiger partial charge in [-0.2, -0.15) is 0 Å². The highest BCUT2D eigenvalue weighted by molar-refractivity contribution is 9.10. The number of fused-ring (bicyclic) bond motifs is 1. The molecule has 1 heterocycles. The number of carbonyl (C=O) groups is 2. The van der Waals surface area contributed by atoms with Crippen LogP contribution >= 0.6 is 27.7 Å². The summed E-state index contributed by atoms with van der Waals surface area (Å²) in [5.41, 5.74) is 0.663. The molecule has 1 aromatic rings. The number of carboxylic acids is 1. The zero-order valence-electron chi connectivity index (χ0n) is 9.01. The van der Waals surface area contributed by atoms with E-state index in [1.807, 2.05) is 19.1 Å². The van der Waals surface area contributed by atoms with E-state index in [9.17, 15) is 9.59 Å². The quantitative estimate of drug-likeness (QED) is 0.747. The van der Waals surface area contributed by atoms with Gasteiger partial charge in [-0.15, -0.1) is 11.8 Å². The fourth-order valence-electron chi connectivity index (χ4n) is 1.74. The van der Waals surface area contributed by atoms with Gasteiger partial charge in [0.05, 0.1) is 5.69 Å². The Morgan fingerprint density at radius 2 is 2.24 bits per heavy atom. The monoisotopic (exact) mass is 315 g/mol. The van der Waals surface area contributed by atoms with E-state index in [2.05, 4.69) is 15.9 Å². The van der Waals surface area contributed by atoms with Crippen LogP contribution in [0.1, 0.15) is 6.92 Å². The standard InChI is InChI=1S/C11H10BrNO3S/c1-6-5-17-9-3-2-7(12)4-8(9)13(6)10(14)11(15)16/h2-4,6H,5H2,1H3,(H,15,16). The van der Waals surface area contributed by atoms with Gasteiger partial charge >= 0.3 is 11.9 Å². The number of anilines is 1. The van der Waals surface area contributed by atoms with Crippen LogP contribution < -0.4 is 4.90 Å². The number of rotatable bonds is 0. The second-order valence-corrected chi connectivity index (χ2v) is 5.73. The minimum atomic E-state index is -1.42. The average Bonchev–Trinajstić information content (AvgIpc) is 2.27. The third-order valence-electron chi connectivity index (χ3n) is 2.50. The number of carbonyl (C=O) groups excluding carboxylic acids is 1. The first-order chi connectivity index (χ1) is 8.00. The molecule has 4 nitrogen and oxygen atoms in total. The Labute approximate surface area is 111 Å². The van der Waals surface area contributed by atoms with Gasteiger partial charge in [0.25, 0.3) is 0 Å². The molecule has 0 radical (unpaired) electrons. The number of benzene rings is 1. The molecule has 1 aliphatic heterocycles. The van der Waals surface area contributed by atoms with Crippen LogP contribution in [-0.2, 0) is 9.59 Å². The van der Waals surface area contributed by atoms with Crippen molar-refractivity contribution in [2.75, 3.05) is 10.7 Å². The summed E-state index contributed by atoms with van der Waals surface area (Å²) in [6.07, 6.45) is 0. The largest absolute Gasteiger partial charge is 0.474 e. The fourth-order valence-corrected chi connectivity index (χ4v) is 3.12. The predicted molar refractivity (Wildman–Crippen MR) is 69.4 cm³/mol. The highest BCUT2D eigenvalue weighted by Crippen LogP contribution is 2.39. The first kappa shape index (κ1) is 12.4. The van der Waals surface area contributed by atoms with E-state index < -0.39 is 11.9 Å². The van der Waals surface area contributed by atoms with Crippen molar-refractivity contribution >= 4 is 45.3 Å². The lowest BCUT2D eigenvalue weighted by Crippen LogP contribution is -2.45. The number of thioether (sulfide) groups is 1. The molecule has 0 saturated carbocycles. The Kier molecular flexibility index (Phi) is 3.44. The van der Waals surface area contributed by atoms with Crippen molar-refractivity contribution in [3.63, 3.8) is 0 Å². The minimum absolute atomic E-state index is 0.120. The Morgan fingerprint density at radius 3 is 2.88 bits per heavy atom. The zero-order valence-corrected chi connectivity index (χ0v) is 11.4. The van der Waals surface area contributed by atoms with Gasteiger partial charge in [0.2, 0.25) is 0 Å². The molecule has 0 fully saturated rings. The highest BCUT2D eigenvalue weighted by Gasteiger charge is 2.32. The fraction of sp³-hybridized carbons (Fsp3) is 0.273. The summed E-state index contributed by atoms with van der Waals surface area (Å²) < 4.78 is 0.828. The number of nitrogens with zero attached hydrogens (tertiary/aromatic N) is 1. The van der Waals surface area contributed by atoms with E-state index in [4.69, 9.17) is 5.11 Å². The van der Waals surface area contributed by atoms with Crippen molar-refractivity contribution in [1.29, 1.82) is 0 Å². The predicted octanol–water partition coefficient (Wildman–Crippen LogP) is 2.36. The van der Waals surface area contributed by atoms with Crippen LogP contribution in [0.2, 0.25) is 0 Å². The maximum absolute atomic E-state index is 11.7. The minimum Gasteiger partial charge on any atom is -0.474 e. The topological polar surface area (TPSA) is 57.6 Å². The van der Waals surface area contributed by atoms with Crippen LogP contribution in [-0.4, -0.2) is 28.8 Å². The highest BCUT2D eigenvalue weighted by atomic mass is 79.9. The van der Waals surface area contributed by atoms with E-state index in [0.717, 1.165) is 9.37 Å². The van der Waals surface area contributed by atoms with Gasteiger partial charge < -0.3 is 5.11 Å². The molecule has 0 bridgehead atoms. The number of amides is 1. The molecule has 0 saturated heterocycles. The summed E-state index contributed by atoms with van der Waals surface area (Å²) in [4.78, 5) is 24.8. The van der Waals surface area contributed by atoms with E-state index >= 15 is 0 Å². The first-order valence-electron chi connectivity index (χ1n) is 4.99. The lowest BCUT2D eigenvalue weighted by molar-refractivity contribution is -0.149. The molecule has 1 aliphatic rings. The SMILES string of the molecule is CC1CSc2ccc(Br)cc2N1C(=O)C(=O)O. The maximum Gasteiger partial charge on any atom is 0.394 e. The normalized spacial score (nSPS) is 18.7. The van der Waals surface area contributed by atoms with Gasteiger partial charge in [0.15, 0.2) is 0 Å². The summed E-state index contributed by atoms with van der Waals surface area (Å²) in [5, 5.41) is 8.84. The van der Waals surface area contributed by atoms with Crippen LogP contribution in [0.5, 0.6) is 0 Å². The summed E-state index contributed by atoms with van der Waals surface area (Å²) >= 11 is 4.96. The van der Waals surface area contributed by atoms with Crippen LogP contribution in [0.4, 0.5) is 5.69 Å². The maximum atomic E-state index is 11.7. The number of hydrogen-bond acceptors (Lipinski definition) is 3. The number of hydrogen-bond donors (Lipinski definition) is 1. The summed E-state index contributed by atoms with van der Waals surface area (Å²) in [6, 6.07) is 5.42. The molecule has 2 rings (SSSR count). The van der Waals surface area contributed by atoms with Gasteiger partial charge in [-0.1, -0.05) is 15.9 Å². The Morgan fingerprint density at radius 1 is 1.53 bits per heavy atom. The Balaban J connectivity index is 2.49. The molecule has 1 amide bonds. The smallest absolute Gasteiger partial charge is 0.394 e. The van der Waals surface area contributed by atoms with Crippen LogP contribution in [0.25, 0.3) is 0 Å². The molecule has 0 spiro atoms. The second kappa shape index (κ2) is 4.70. The van der Waals surface area contributed by atoms with Crippen molar-refractivity contribution in [1.82, 2.24) is 0 Å². The Bertz CT molecular complexity index is 492. The Hall–Kier alpha value is -1.01. The molecule has 0 aliphatic carbocycles. The van der Waals surface area contributed by atoms with E-state index in [1.165, 1.54) is 4.90 Å². The van der Waals surface area contributed by atoms with Crippen molar-refractivity contribution in [3.05, 3.63) is 22.7 Å². The molecule has 6 heteroatoms. The molecule has 1 aromatic carbocycles. The molecule has 1 atom stereocenters. The van der Waals surface area contributed by atoms with Crippen LogP contribution in [0.3, 0.4) is 0 Å². The van der Waals surface area contributed by atoms with Gasteiger partial charge in [-0.05, 0) is 25.1 Å². The molecule has 17 heavy (non-hydrogen) atoms. The van der Waals surface area contributed by atoms with E-state index in [0.29, 0.717) is 11.4 Å². The molecular formula is C11H10BrNO3S. The molecule has 90 valence electrons. The van der Waals surface area contributed by atoms with Gasteiger partial charge in [-0.25, -0.2) is 4.79 Å². The van der Waals surface area contributed by atoms with Gasteiger partial charge in [0.1, 0.15) is 0 Å². The van der Waals surface area contributed by atoms with Crippen molar-refractivity contribution in [2.24, 2.45) is 0 Å². The van der Waals surface area contributed by atoms with Crippen molar-refractivity contribution in [2.45, 2.75) is 17.9 Å². The van der Waals surface area contributed by atoms with Gasteiger partial charge in [0, 0.05) is 21.2 Å². The van der Waals surface area contributed by atoms with Gasteiger partial charge in [-0.3, -0.25) is 9.69 Å². The molecule has 1 N–H and O–H groups in total. The summed E-state index contributed by atoms with van der Waals surface area (Å²) in [5.74, 6) is -1.60. The molecular weight excluding hydrogens is 306 g/mol. The van der Waals surface area contributed by atoms with Crippen LogP contribution in [0.15, 0.2) is 27.6 Å². The lowest BCUT2D eigenvalue weighted by atomic mass is 10.2. The third-order valence-corrected chi connectivity index (χ3v) is 4.30. The third kappa shape index (κ3) is 2.32. The summed E-state index contributed by atoms with van der Waals surface area (Å²) in [6.45, 7) is 1.84.